The summed E-state index contributed by atoms with van der Waals surface area (Å²) in [7, 11) is 0. The van der Waals surface area contributed by atoms with E-state index < -0.39 is 23.4 Å². The third kappa shape index (κ3) is 4.85. The molecule has 0 aliphatic heterocycles. The molecular weight excluding hydrogens is 377 g/mol. The first-order chi connectivity index (χ1) is 11.8. The van der Waals surface area contributed by atoms with Crippen LogP contribution in [0.5, 0.6) is 0 Å². The van der Waals surface area contributed by atoms with Crippen molar-refractivity contribution in [3.63, 3.8) is 0 Å². The van der Waals surface area contributed by atoms with Crippen LogP contribution in [0.25, 0.3) is 0 Å². The van der Waals surface area contributed by atoms with Crippen molar-refractivity contribution in [3.05, 3.63) is 46.7 Å². The van der Waals surface area contributed by atoms with Gasteiger partial charge in [0.15, 0.2) is 10.9 Å². The van der Waals surface area contributed by atoms with Crippen LogP contribution < -0.4 is 0 Å². The average molecular weight is 389 g/mol. The van der Waals surface area contributed by atoms with Gasteiger partial charge in [-0.3, -0.25) is 0 Å². The zero-order valence-corrected chi connectivity index (χ0v) is 14.3. The van der Waals surface area contributed by atoms with Crippen molar-refractivity contribution >= 4 is 29.3 Å². The number of alkyl halides is 3. The van der Waals surface area contributed by atoms with Crippen molar-refractivity contribution in [3.8, 4) is 0 Å². The Labute approximate surface area is 150 Å². The number of benzene rings is 1. The Balaban J connectivity index is 1.83. The predicted molar refractivity (Wildman–Crippen MR) is 85.6 cm³/mol. The van der Waals surface area contributed by atoms with Gasteiger partial charge in [-0.25, -0.2) is 14.8 Å². The number of nitrogens with zero attached hydrogens (tertiary/aromatic N) is 2. The summed E-state index contributed by atoms with van der Waals surface area (Å²) in [6.45, 7) is 0.122. The monoisotopic (exact) mass is 388 g/mol. The Morgan fingerprint density at radius 3 is 2.56 bits per heavy atom. The quantitative estimate of drug-likeness (QED) is 0.540. The number of rotatable bonds is 5. The fourth-order valence-electron chi connectivity index (χ4n) is 1.94. The Kier molecular flexibility index (Phi) is 5.19. The molecule has 1 fully saturated rings. The highest BCUT2D eigenvalue weighted by Gasteiger charge is 2.39. The molecule has 4 nitrogen and oxygen atoms in total. The molecule has 1 heterocycles. The van der Waals surface area contributed by atoms with Gasteiger partial charge in [-0.2, -0.15) is 13.2 Å². The van der Waals surface area contributed by atoms with Gasteiger partial charge >= 0.3 is 12.1 Å². The molecule has 0 bridgehead atoms. The summed E-state index contributed by atoms with van der Waals surface area (Å²) in [6, 6.07) is 6.50. The molecule has 0 atom stereocenters. The van der Waals surface area contributed by atoms with Gasteiger partial charge in [-0.1, -0.05) is 11.6 Å². The molecule has 0 amide bonds. The lowest BCUT2D eigenvalue weighted by Crippen LogP contribution is -2.19. The van der Waals surface area contributed by atoms with E-state index in [-0.39, 0.29) is 17.7 Å². The van der Waals surface area contributed by atoms with Gasteiger partial charge in [-0.05, 0) is 54.8 Å². The van der Waals surface area contributed by atoms with Crippen LogP contribution in [0.4, 0.5) is 13.2 Å². The summed E-state index contributed by atoms with van der Waals surface area (Å²) in [5.74, 6) is -0.804. The molecule has 0 radical (unpaired) electrons. The second kappa shape index (κ2) is 7.21. The average Bonchev–Trinajstić information content (AvgIpc) is 3.38. The van der Waals surface area contributed by atoms with Crippen LogP contribution >= 0.6 is 23.4 Å². The van der Waals surface area contributed by atoms with Crippen molar-refractivity contribution in [2.24, 2.45) is 5.92 Å². The molecule has 132 valence electrons. The number of halogens is 4. The van der Waals surface area contributed by atoms with Crippen molar-refractivity contribution in [2.75, 3.05) is 6.61 Å². The summed E-state index contributed by atoms with van der Waals surface area (Å²) in [5.41, 5.74) is -1.96. The highest BCUT2D eigenvalue weighted by atomic mass is 35.5. The summed E-state index contributed by atoms with van der Waals surface area (Å²) < 4.78 is 44.7. The largest absolute Gasteiger partial charge is 0.462 e. The van der Waals surface area contributed by atoms with Gasteiger partial charge < -0.3 is 4.74 Å². The highest BCUT2D eigenvalue weighted by Crippen LogP contribution is 2.34. The molecule has 2 aromatic rings. The normalized spacial score (nSPS) is 14.4. The Bertz CT molecular complexity index is 780. The molecule has 3 rings (SSSR count). The maximum atomic E-state index is 13.3. The molecule has 0 spiro atoms. The zero-order valence-electron chi connectivity index (χ0n) is 12.7. The molecule has 1 saturated carbocycles. The molecule has 25 heavy (non-hydrogen) atoms. The first kappa shape index (κ1) is 18.0. The standard InChI is InChI=1S/C16H12ClF3N2O2S/c17-10-3-5-11(6-4-10)25-15-21-7-12(13(22-15)16(18,19)20)14(23)24-8-9-1-2-9/h3-7,9H,1-2,8H2. The molecule has 1 aromatic heterocycles. The van der Waals surface area contributed by atoms with Gasteiger partial charge in [-0.15, -0.1) is 0 Å². The molecule has 1 aromatic carbocycles. The highest BCUT2D eigenvalue weighted by molar-refractivity contribution is 7.99. The number of hydrogen-bond donors (Lipinski definition) is 0. The minimum atomic E-state index is -4.79. The lowest BCUT2D eigenvalue weighted by molar-refractivity contribution is -0.142. The van der Waals surface area contributed by atoms with Gasteiger partial charge in [0.25, 0.3) is 0 Å². The second-order valence-corrected chi connectivity index (χ2v) is 6.99. The minimum absolute atomic E-state index is 0.117. The SMILES string of the molecule is O=C(OCC1CC1)c1cnc(Sc2ccc(Cl)cc2)nc1C(F)(F)F. The zero-order chi connectivity index (χ0) is 18.0. The Morgan fingerprint density at radius 1 is 1.28 bits per heavy atom. The van der Waals surface area contributed by atoms with Crippen LogP contribution in [0.2, 0.25) is 5.02 Å². The smallest absolute Gasteiger partial charge is 0.434 e. The summed E-state index contributed by atoms with van der Waals surface area (Å²) in [5, 5.41) is 0.392. The summed E-state index contributed by atoms with van der Waals surface area (Å²) >= 11 is 6.71. The molecule has 1 aliphatic carbocycles. The van der Waals surface area contributed by atoms with Crippen LogP contribution in [0.3, 0.4) is 0 Å². The lowest BCUT2D eigenvalue weighted by atomic mass is 10.2. The van der Waals surface area contributed by atoms with E-state index in [4.69, 9.17) is 16.3 Å². The first-order valence-corrected chi connectivity index (χ1v) is 8.57. The summed E-state index contributed by atoms with van der Waals surface area (Å²) in [6.07, 6.45) is -2.07. The number of ether oxygens (including phenoxy) is 1. The van der Waals surface area contributed by atoms with Gasteiger partial charge in [0, 0.05) is 16.1 Å². The molecular formula is C16H12ClF3N2O2S. The van der Waals surface area contributed by atoms with Crippen LogP contribution in [0.15, 0.2) is 40.5 Å². The Morgan fingerprint density at radius 2 is 1.96 bits per heavy atom. The number of aromatic nitrogens is 2. The van der Waals surface area contributed by atoms with Crippen LogP contribution in [0.1, 0.15) is 28.9 Å². The van der Waals surface area contributed by atoms with E-state index in [0.717, 1.165) is 30.8 Å². The molecule has 0 unspecified atom stereocenters. The van der Waals surface area contributed by atoms with Crippen molar-refractivity contribution < 1.29 is 22.7 Å². The van der Waals surface area contributed by atoms with E-state index >= 15 is 0 Å². The van der Waals surface area contributed by atoms with Gasteiger partial charge in [0.1, 0.15) is 5.56 Å². The minimum Gasteiger partial charge on any atom is -0.462 e. The molecule has 9 heteroatoms. The van der Waals surface area contributed by atoms with Crippen LogP contribution in [-0.4, -0.2) is 22.5 Å². The fourth-order valence-corrected chi connectivity index (χ4v) is 2.80. The first-order valence-electron chi connectivity index (χ1n) is 7.37. The second-order valence-electron chi connectivity index (χ2n) is 5.51. The van der Waals surface area contributed by atoms with Gasteiger partial charge in [0.2, 0.25) is 0 Å². The third-order valence-corrected chi connectivity index (χ3v) is 4.56. The lowest BCUT2D eigenvalue weighted by Gasteiger charge is -2.12. The molecule has 0 N–H and O–H groups in total. The van der Waals surface area contributed by atoms with E-state index in [1.165, 1.54) is 0 Å². The third-order valence-electron chi connectivity index (χ3n) is 3.42. The molecule has 0 saturated heterocycles. The molecule has 1 aliphatic rings. The van der Waals surface area contributed by atoms with E-state index in [9.17, 15) is 18.0 Å². The van der Waals surface area contributed by atoms with E-state index in [1.807, 2.05) is 0 Å². The van der Waals surface area contributed by atoms with E-state index in [1.54, 1.807) is 24.3 Å². The van der Waals surface area contributed by atoms with Crippen LogP contribution in [0, 0.1) is 5.92 Å². The number of hydrogen-bond acceptors (Lipinski definition) is 5. The Hall–Kier alpha value is -1.80. The number of esters is 1. The van der Waals surface area contributed by atoms with E-state index in [0.29, 0.717) is 9.92 Å². The van der Waals surface area contributed by atoms with Crippen LogP contribution in [-0.2, 0) is 10.9 Å². The summed E-state index contributed by atoms with van der Waals surface area (Å²) in [4.78, 5) is 19.9. The van der Waals surface area contributed by atoms with Crippen molar-refractivity contribution in [2.45, 2.75) is 29.1 Å². The van der Waals surface area contributed by atoms with Crippen molar-refractivity contribution in [1.29, 1.82) is 0 Å². The van der Waals surface area contributed by atoms with Gasteiger partial charge in [0.05, 0.1) is 6.61 Å². The number of carbonyl (C=O) groups is 1. The van der Waals surface area contributed by atoms with E-state index in [2.05, 4.69) is 9.97 Å². The number of carbonyl (C=O) groups excluding carboxylic acids is 1. The predicted octanol–water partition coefficient (Wildman–Crippen LogP) is 4.87. The topological polar surface area (TPSA) is 52.1 Å². The fraction of sp³-hybridized carbons (Fsp3) is 0.312. The maximum Gasteiger partial charge on any atom is 0.434 e. The maximum absolute atomic E-state index is 13.3. The van der Waals surface area contributed by atoms with Crippen molar-refractivity contribution in [1.82, 2.24) is 9.97 Å².